The van der Waals surface area contributed by atoms with E-state index in [-0.39, 0.29) is 35.3 Å². The van der Waals surface area contributed by atoms with E-state index in [1.165, 1.54) is 22.1 Å². The zero-order valence-electron chi connectivity index (χ0n) is 18.2. The largest absolute Gasteiger partial charge is 0.351 e. The van der Waals surface area contributed by atoms with Crippen molar-refractivity contribution in [3.63, 3.8) is 0 Å². The van der Waals surface area contributed by atoms with Gasteiger partial charge >= 0.3 is 5.69 Å². The minimum Gasteiger partial charge on any atom is -0.351 e. The molecule has 0 aliphatic heterocycles. The van der Waals surface area contributed by atoms with Crippen molar-refractivity contribution in [3.8, 4) is 0 Å². The Kier molecular flexibility index (Phi) is 7.78. The van der Waals surface area contributed by atoms with Crippen molar-refractivity contribution in [1.29, 1.82) is 0 Å². The molecule has 10 heteroatoms. The molecular weight excluding hydrogens is 496 g/mol. The number of amides is 1. The number of nitrogens with zero attached hydrogens (tertiary/aromatic N) is 3. The van der Waals surface area contributed by atoms with Crippen molar-refractivity contribution >= 4 is 49.9 Å². The predicted octanol–water partition coefficient (Wildman–Crippen LogP) is 2.99. The molecule has 3 aromatic rings. The lowest BCUT2D eigenvalue weighted by Gasteiger charge is -2.13. The highest BCUT2D eigenvalue weighted by atomic mass is 79.9. The van der Waals surface area contributed by atoms with Crippen LogP contribution in [0.25, 0.3) is 10.9 Å². The monoisotopic (exact) mass is 520 g/mol. The highest BCUT2D eigenvalue weighted by Gasteiger charge is 2.16. The third-order valence-electron chi connectivity index (χ3n) is 5.21. The summed E-state index contributed by atoms with van der Waals surface area (Å²) in [6.07, 6.45) is 2.00. The Hall–Kier alpha value is -2.59. The molecule has 0 saturated carbocycles. The average molecular weight is 521 g/mol. The zero-order valence-corrected chi connectivity index (χ0v) is 20.6. The van der Waals surface area contributed by atoms with Crippen LogP contribution in [0.2, 0.25) is 0 Å². The molecule has 3 rings (SSSR count). The molecule has 170 valence electrons. The van der Waals surface area contributed by atoms with Crippen molar-refractivity contribution in [2.75, 3.05) is 6.54 Å². The summed E-state index contributed by atoms with van der Waals surface area (Å²) in [6.45, 7) is 6.64. The van der Waals surface area contributed by atoms with Gasteiger partial charge in [-0.05, 0) is 53.4 Å². The van der Waals surface area contributed by atoms with Crippen LogP contribution in [0.3, 0.4) is 0 Å². The lowest BCUT2D eigenvalue weighted by atomic mass is 9.99. The Bertz CT molecular complexity index is 1280. The van der Waals surface area contributed by atoms with E-state index in [2.05, 4.69) is 26.2 Å². The summed E-state index contributed by atoms with van der Waals surface area (Å²) in [4.78, 5) is 54.5. The van der Waals surface area contributed by atoms with E-state index in [1.54, 1.807) is 29.7 Å². The van der Waals surface area contributed by atoms with Gasteiger partial charge in [-0.3, -0.25) is 23.5 Å². The van der Waals surface area contributed by atoms with Crippen molar-refractivity contribution in [2.45, 2.75) is 46.7 Å². The van der Waals surface area contributed by atoms with E-state index in [0.29, 0.717) is 45.8 Å². The highest BCUT2D eigenvalue weighted by Crippen LogP contribution is 2.18. The van der Waals surface area contributed by atoms with Gasteiger partial charge in [-0.25, -0.2) is 9.78 Å². The van der Waals surface area contributed by atoms with Gasteiger partial charge in [0.15, 0.2) is 3.92 Å². The molecule has 0 bridgehead atoms. The molecule has 8 nitrogen and oxygen atoms in total. The molecule has 0 spiro atoms. The molecule has 32 heavy (non-hydrogen) atoms. The quantitative estimate of drug-likeness (QED) is 0.467. The second-order valence-corrected chi connectivity index (χ2v) is 9.95. The average Bonchev–Trinajstić information content (AvgIpc) is 3.19. The van der Waals surface area contributed by atoms with E-state index in [4.69, 9.17) is 0 Å². The summed E-state index contributed by atoms with van der Waals surface area (Å²) < 4.78 is 3.42. The van der Waals surface area contributed by atoms with Crippen molar-refractivity contribution in [2.24, 2.45) is 5.92 Å². The summed E-state index contributed by atoms with van der Waals surface area (Å²) in [5.41, 5.74) is 0.652. The summed E-state index contributed by atoms with van der Waals surface area (Å²) in [5, 5.41) is 3.26. The summed E-state index contributed by atoms with van der Waals surface area (Å²) in [6, 6.07) is 5.23. The number of thiazole rings is 1. The SMILES string of the molecule is CCn1c(=O)c2cc(CC(=O)CC(C)CNC(=O)c3cnc(Br)s3)ccc2n(CC)c1=O. The van der Waals surface area contributed by atoms with E-state index in [1.807, 2.05) is 13.8 Å². The molecule has 1 N–H and O–H groups in total. The maximum absolute atomic E-state index is 12.7. The smallest absolute Gasteiger partial charge is 0.331 e. The molecular formula is C22H25BrN4O4S. The number of nitrogens with one attached hydrogen (secondary N) is 1. The number of aryl methyl sites for hydroxylation is 1. The van der Waals surface area contributed by atoms with Crippen LogP contribution in [0, 0.1) is 5.92 Å². The molecule has 0 aliphatic rings. The fourth-order valence-electron chi connectivity index (χ4n) is 3.64. The number of aromatic nitrogens is 3. The molecule has 1 aromatic carbocycles. The number of carbonyl (C=O) groups is 2. The topological polar surface area (TPSA) is 103 Å². The van der Waals surface area contributed by atoms with Gasteiger partial charge in [0.25, 0.3) is 11.5 Å². The van der Waals surface area contributed by atoms with E-state index < -0.39 is 0 Å². The number of fused-ring (bicyclic) bond motifs is 1. The Morgan fingerprint density at radius 1 is 1.19 bits per heavy atom. The van der Waals surface area contributed by atoms with Crippen LogP contribution in [0.5, 0.6) is 0 Å². The maximum atomic E-state index is 12.7. The number of rotatable bonds is 9. The number of hydrogen-bond donors (Lipinski definition) is 1. The molecule has 1 amide bonds. The van der Waals surface area contributed by atoms with Gasteiger partial charge < -0.3 is 5.32 Å². The van der Waals surface area contributed by atoms with Crippen LogP contribution in [0.4, 0.5) is 0 Å². The maximum Gasteiger partial charge on any atom is 0.331 e. The Labute approximate surface area is 197 Å². The van der Waals surface area contributed by atoms with Gasteiger partial charge in [-0.1, -0.05) is 13.0 Å². The number of hydrogen-bond acceptors (Lipinski definition) is 6. The second kappa shape index (κ2) is 10.4. The number of benzene rings is 1. The normalized spacial score (nSPS) is 12.1. The van der Waals surface area contributed by atoms with E-state index >= 15 is 0 Å². The van der Waals surface area contributed by atoms with Gasteiger partial charge in [0, 0.05) is 32.5 Å². The van der Waals surface area contributed by atoms with Gasteiger partial charge in [-0.15, -0.1) is 11.3 Å². The second-order valence-electron chi connectivity index (χ2n) is 7.64. The lowest BCUT2D eigenvalue weighted by Crippen LogP contribution is -2.39. The lowest BCUT2D eigenvalue weighted by molar-refractivity contribution is -0.119. The first-order valence-corrected chi connectivity index (χ1v) is 12.0. The van der Waals surface area contributed by atoms with Crippen LogP contribution < -0.4 is 16.6 Å². The molecule has 0 aliphatic carbocycles. The third kappa shape index (κ3) is 5.24. The first-order chi connectivity index (χ1) is 15.2. The molecule has 0 fully saturated rings. The molecule has 2 heterocycles. The standard InChI is InChI=1S/C22H25BrN4O4S/c1-4-26-17-7-6-14(10-16(17)20(30)27(5-2)22(26)31)9-15(28)8-13(3)11-24-19(29)18-12-25-21(23)32-18/h6-7,10,12-13H,4-5,8-9,11H2,1-3H3,(H,24,29). The molecule has 0 radical (unpaired) electrons. The number of Topliss-reactive ketones (excluding diaryl/α,β-unsaturated/α-hetero) is 1. The molecule has 1 atom stereocenters. The van der Waals surface area contributed by atoms with Crippen molar-refractivity contribution < 1.29 is 9.59 Å². The summed E-state index contributed by atoms with van der Waals surface area (Å²) in [7, 11) is 0. The van der Waals surface area contributed by atoms with Crippen LogP contribution in [0.1, 0.15) is 42.4 Å². The van der Waals surface area contributed by atoms with E-state index in [9.17, 15) is 19.2 Å². The molecule has 1 unspecified atom stereocenters. The van der Waals surface area contributed by atoms with Crippen LogP contribution in [-0.4, -0.2) is 32.4 Å². The Morgan fingerprint density at radius 2 is 1.91 bits per heavy atom. The first-order valence-electron chi connectivity index (χ1n) is 10.4. The summed E-state index contributed by atoms with van der Waals surface area (Å²) in [5.74, 6) is -0.228. The van der Waals surface area contributed by atoms with Crippen molar-refractivity contribution in [1.82, 2.24) is 19.4 Å². The minimum atomic E-state index is -0.336. The third-order valence-corrected chi connectivity index (χ3v) is 6.69. The van der Waals surface area contributed by atoms with Gasteiger partial charge in [0.2, 0.25) is 0 Å². The zero-order chi connectivity index (χ0) is 23.4. The fraction of sp³-hybridized carbons (Fsp3) is 0.409. The van der Waals surface area contributed by atoms with Gasteiger partial charge in [-0.2, -0.15) is 0 Å². The molecule has 2 aromatic heterocycles. The minimum absolute atomic E-state index is 0.0197. The molecule has 0 saturated heterocycles. The van der Waals surface area contributed by atoms with Crippen LogP contribution in [0.15, 0.2) is 37.9 Å². The van der Waals surface area contributed by atoms with Crippen LogP contribution >= 0.6 is 27.3 Å². The number of ketones is 1. The highest BCUT2D eigenvalue weighted by molar-refractivity contribution is 9.11. The van der Waals surface area contributed by atoms with E-state index in [0.717, 1.165) is 5.56 Å². The number of carbonyl (C=O) groups excluding carboxylic acids is 2. The van der Waals surface area contributed by atoms with Gasteiger partial charge in [0.1, 0.15) is 10.7 Å². The number of halogens is 1. The first kappa shape index (κ1) is 24.1. The fourth-order valence-corrected chi connectivity index (χ4v) is 4.82. The Morgan fingerprint density at radius 3 is 2.53 bits per heavy atom. The Balaban J connectivity index is 1.68. The summed E-state index contributed by atoms with van der Waals surface area (Å²) >= 11 is 4.48. The van der Waals surface area contributed by atoms with Gasteiger partial charge in [0.05, 0.1) is 17.1 Å². The van der Waals surface area contributed by atoms with Crippen molar-refractivity contribution in [3.05, 3.63) is 59.6 Å². The van der Waals surface area contributed by atoms with Crippen LogP contribution in [-0.2, 0) is 24.3 Å². The predicted molar refractivity (Wildman–Crippen MR) is 128 cm³/mol.